The number of likely N-dealkylation sites (tertiary alicyclic amines) is 1. The van der Waals surface area contributed by atoms with Gasteiger partial charge < -0.3 is 15.2 Å². The van der Waals surface area contributed by atoms with Crippen LogP contribution in [-0.4, -0.2) is 31.3 Å². The first-order chi connectivity index (χ1) is 8.38. The second-order valence-corrected chi connectivity index (χ2v) is 4.61. The lowest BCUT2D eigenvalue weighted by Crippen LogP contribution is -2.31. The molecule has 2 aliphatic heterocycles. The zero-order valence-corrected chi connectivity index (χ0v) is 9.89. The van der Waals surface area contributed by atoms with Crippen LogP contribution in [0.25, 0.3) is 0 Å². The van der Waals surface area contributed by atoms with E-state index >= 15 is 0 Å². The topological polar surface area (TPSA) is 47.7 Å². The van der Waals surface area contributed by atoms with E-state index in [1.165, 1.54) is 18.4 Å². The molecular formula is C13H18N2O2. The second kappa shape index (κ2) is 4.55. The van der Waals surface area contributed by atoms with Crippen LogP contribution in [0.3, 0.4) is 0 Å². The molecule has 2 heterocycles. The Labute approximate surface area is 101 Å². The molecule has 2 N–H and O–H groups in total. The highest BCUT2D eigenvalue weighted by atomic mass is 16.7. The maximum atomic E-state index is 5.92. The van der Waals surface area contributed by atoms with Gasteiger partial charge in [0.25, 0.3) is 0 Å². The Morgan fingerprint density at radius 3 is 2.71 bits per heavy atom. The van der Waals surface area contributed by atoms with Crippen molar-refractivity contribution in [3.63, 3.8) is 0 Å². The molecule has 0 aromatic heterocycles. The quantitative estimate of drug-likeness (QED) is 0.861. The van der Waals surface area contributed by atoms with Gasteiger partial charge in [-0.05, 0) is 43.6 Å². The number of nitrogens with zero attached hydrogens (tertiary/aromatic N) is 1. The molecule has 4 nitrogen and oxygen atoms in total. The van der Waals surface area contributed by atoms with E-state index in [1.807, 2.05) is 6.07 Å². The van der Waals surface area contributed by atoms with Crippen molar-refractivity contribution < 1.29 is 9.47 Å². The fraction of sp³-hybridized carbons (Fsp3) is 0.538. The number of hydrogen-bond donors (Lipinski definition) is 1. The molecule has 1 saturated heterocycles. The third-order valence-corrected chi connectivity index (χ3v) is 3.59. The molecule has 0 amide bonds. The minimum Gasteiger partial charge on any atom is -0.454 e. The van der Waals surface area contributed by atoms with Gasteiger partial charge in [-0.3, -0.25) is 4.90 Å². The Morgan fingerprint density at radius 1 is 1.18 bits per heavy atom. The highest BCUT2D eigenvalue weighted by molar-refractivity contribution is 5.45. The third kappa shape index (κ3) is 1.98. The van der Waals surface area contributed by atoms with Crippen molar-refractivity contribution in [2.75, 3.05) is 26.4 Å². The van der Waals surface area contributed by atoms with Crippen LogP contribution in [0.5, 0.6) is 11.5 Å². The molecule has 17 heavy (non-hydrogen) atoms. The number of fused-ring (bicyclic) bond motifs is 1. The van der Waals surface area contributed by atoms with Crippen LogP contribution in [0, 0.1) is 0 Å². The van der Waals surface area contributed by atoms with Gasteiger partial charge in [0.2, 0.25) is 6.79 Å². The van der Waals surface area contributed by atoms with Gasteiger partial charge in [0, 0.05) is 12.6 Å². The van der Waals surface area contributed by atoms with Crippen LogP contribution in [0.4, 0.5) is 0 Å². The van der Waals surface area contributed by atoms with E-state index in [9.17, 15) is 0 Å². The summed E-state index contributed by atoms with van der Waals surface area (Å²) in [5, 5.41) is 0. The molecule has 3 rings (SSSR count). The fourth-order valence-corrected chi connectivity index (χ4v) is 2.67. The average Bonchev–Trinajstić information content (AvgIpc) is 2.99. The van der Waals surface area contributed by atoms with Gasteiger partial charge in [0.15, 0.2) is 11.5 Å². The molecular weight excluding hydrogens is 216 g/mol. The minimum atomic E-state index is 0.312. The number of nitrogens with two attached hydrogens (primary N) is 1. The van der Waals surface area contributed by atoms with Gasteiger partial charge in [-0.25, -0.2) is 0 Å². The molecule has 4 heteroatoms. The lowest BCUT2D eigenvalue weighted by atomic mass is 10.1. The first-order valence-electron chi connectivity index (χ1n) is 6.22. The average molecular weight is 234 g/mol. The molecule has 0 aliphatic carbocycles. The second-order valence-electron chi connectivity index (χ2n) is 4.61. The summed E-state index contributed by atoms with van der Waals surface area (Å²) in [6, 6.07) is 6.46. The highest BCUT2D eigenvalue weighted by Gasteiger charge is 2.24. The Bertz CT molecular complexity index is 402. The van der Waals surface area contributed by atoms with Gasteiger partial charge in [-0.15, -0.1) is 0 Å². The van der Waals surface area contributed by atoms with E-state index in [2.05, 4.69) is 17.0 Å². The lowest BCUT2D eigenvalue weighted by molar-refractivity contribution is 0.173. The van der Waals surface area contributed by atoms with E-state index in [0.717, 1.165) is 24.6 Å². The number of benzene rings is 1. The molecule has 1 fully saturated rings. The standard InChI is InChI=1S/C13H18N2O2/c14-8-11(15-5-1-2-6-15)10-3-4-12-13(7-10)17-9-16-12/h3-4,7,11H,1-2,5-6,8-9,14H2. The maximum Gasteiger partial charge on any atom is 0.231 e. The van der Waals surface area contributed by atoms with E-state index < -0.39 is 0 Å². The predicted molar refractivity (Wildman–Crippen MR) is 65.2 cm³/mol. The smallest absolute Gasteiger partial charge is 0.231 e. The third-order valence-electron chi connectivity index (χ3n) is 3.59. The fourth-order valence-electron chi connectivity index (χ4n) is 2.67. The normalized spacial score (nSPS) is 20.8. The summed E-state index contributed by atoms with van der Waals surface area (Å²) in [6.45, 7) is 3.28. The minimum absolute atomic E-state index is 0.312. The maximum absolute atomic E-state index is 5.92. The van der Waals surface area contributed by atoms with Crippen LogP contribution < -0.4 is 15.2 Å². The number of ether oxygens (including phenoxy) is 2. The van der Waals surface area contributed by atoms with E-state index in [4.69, 9.17) is 15.2 Å². The van der Waals surface area contributed by atoms with Crippen LogP contribution in [-0.2, 0) is 0 Å². The van der Waals surface area contributed by atoms with Crippen LogP contribution in [0.1, 0.15) is 24.4 Å². The van der Waals surface area contributed by atoms with E-state index in [1.54, 1.807) is 0 Å². The first-order valence-corrected chi connectivity index (χ1v) is 6.22. The predicted octanol–water partition coefficient (Wildman–Crippen LogP) is 1.51. The summed E-state index contributed by atoms with van der Waals surface area (Å²) in [5.74, 6) is 1.69. The summed E-state index contributed by atoms with van der Waals surface area (Å²) < 4.78 is 10.7. The summed E-state index contributed by atoms with van der Waals surface area (Å²) >= 11 is 0. The van der Waals surface area contributed by atoms with Crippen molar-refractivity contribution in [2.24, 2.45) is 5.73 Å². The first kappa shape index (κ1) is 10.9. The molecule has 0 radical (unpaired) electrons. The Balaban J connectivity index is 1.85. The lowest BCUT2D eigenvalue weighted by Gasteiger charge is -2.26. The zero-order chi connectivity index (χ0) is 11.7. The molecule has 0 bridgehead atoms. The highest BCUT2D eigenvalue weighted by Crippen LogP contribution is 2.35. The summed E-state index contributed by atoms with van der Waals surface area (Å²) in [5.41, 5.74) is 7.15. The summed E-state index contributed by atoms with van der Waals surface area (Å²) in [6.07, 6.45) is 2.56. The molecule has 1 aromatic carbocycles. The number of hydrogen-bond acceptors (Lipinski definition) is 4. The molecule has 92 valence electrons. The van der Waals surface area contributed by atoms with E-state index in [-0.39, 0.29) is 0 Å². The van der Waals surface area contributed by atoms with Crippen molar-refractivity contribution in [1.82, 2.24) is 4.90 Å². The van der Waals surface area contributed by atoms with E-state index in [0.29, 0.717) is 19.4 Å². The van der Waals surface area contributed by atoms with Gasteiger partial charge in [0.1, 0.15) is 0 Å². The van der Waals surface area contributed by atoms with Crippen molar-refractivity contribution in [1.29, 1.82) is 0 Å². The van der Waals surface area contributed by atoms with Gasteiger partial charge >= 0.3 is 0 Å². The molecule has 1 aromatic rings. The van der Waals surface area contributed by atoms with Gasteiger partial charge in [-0.2, -0.15) is 0 Å². The molecule has 0 saturated carbocycles. The van der Waals surface area contributed by atoms with Crippen LogP contribution in [0.2, 0.25) is 0 Å². The molecule has 0 spiro atoms. The SMILES string of the molecule is NCC(c1ccc2c(c1)OCO2)N1CCCC1. The summed E-state index contributed by atoms with van der Waals surface area (Å²) in [4.78, 5) is 2.46. The summed E-state index contributed by atoms with van der Waals surface area (Å²) in [7, 11) is 0. The Kier molecular flexibility index (Phi) is 2.91. The molecule has 2 aliphatic rings. The number of rotatable bonds is 3. The van der Waals surface area contributed by atoms with Gasteiger partial charge in [-0.1, -0.05) is 6.07 Å². The molecule has 1 atom stereocenters. The van der Waals surface area contributed by atoms with Crippen LogP contribution >= 0.6 is 0 Å². The van der Waals surface area contributed by atoms with Crippen LogP contribution in [0.15, 0.2) is 18.2 Å². The Morgan fingerprint density at radius 2 is 1.94 bits per heavy atom. The Hall–Kier alpha value is -1.26. The molecule has 1 unspecified atom stereocenters. The van der Waals surface area contributed by atoms with Crippen molar-refractivity contribution >= 4 is 0 Å². The van der Waals surface area contributed by atoms with Crippen molar-refractivity contribution in [3.8, 4) is 11.5 Å². The van der Waals surface area contributed by atoms with Crippen molar-refractivity contribution in [2.45, 2.75) is 18.9 Å². The van der Waals surface area contributed by atoms with Gasteiger partial charge in [0.05, 0.1) is 0 Å². The van der Waals surface area contributed by atoms with Crippen molar-refractivity contribution in [3.05, 3.63) is 23.8 Å². The largest absolute Gasteiger partial charge is 0.454 e. The zero-order valence-electron chi connectivity index (χ0n) is 9.89. The monoisotopic (exact) mass is 234 g/mol.